The number of nitrogens with one attached hydrogen (secondary N) is 1. The number of halogens is 1. The lowest BCUT2D eigenvalue weighted by atomic mass is 10.1. The minimum absolute atomic E-state index is 0.129. The fourth-order valence-electron chi connectivity index (χ4n) is 3.57. The highest BCUT2D eigenvalue weighted by molar-refractivity contribution is 5.97. The van der Waals surface area contributed by atoms with E-state index in [-0.39, 0.29) is 23.3 Å². The number of nitrogens with zero attached hydrogens (tertiary/aromatic N) is 1. The van der Waals surface area contributed by atoms with E-state index in [2.05, 4.69) is 10.3 Å². The van der Waals surface area contributed by atoms with Gasteiger partial charge in [-0.15, -0.1) is 0 Å². The van der Waals surface area contributed by atoms with Crippen molar-refractivity contribution in [2.45, 2.75) is 32.1 Å². The zero-order valence-corrected chi connectivity index (χ0v) is 16.7. The Morgan fingerprint density at radius 3 is 2.83 bits per heavy atom. The van der Waals surface area contributed by atoms with Crippen LogP contribution in [0.25, 0.3) is 10.8 Å². The van der Waals surface area contributed by atoms with Gasteiger partial charge in [0, 0.05) is 29.4 Å². The number of ether oxygens (including phenoxy) is 1. The standard InChI is InChI=1S/C24H23FN2O3/c1-2-3-10-30-24(29)16-5-7-19(22(25)12-16)20-13-21(20)23(28)27-18-6-4-17-14-26-9-8-15(17)11-18/h4-9,11-12,14,20-21H,2-3,10,13H2,1H3,(H,27,28). The number of anilines is 1. The van der Waals surface area contributed by atoms with E-state index in [1.165, 1.54) is 6.07 Å². The number of hydrogen-bond acceptors (Lipinski definition) is 4. The normalized spacial score (nSPS) is 17.5. The molecule has 3 aromatic rings. The van der Waals surface area contributed by atoms with Crippen LogP contribution in [0.3, 0.4) is 0 Å². The van der Waals surface area contributed by atoms with Gasteiger partial charge in [-0.1, -0.05) is 25.5 Å². The molecule has 2 unspecified atom stereocenters. The van der Waals surface area contributed by atoms with Crippen LogP contribution in [-0.2, 0) is 9.53 Å². The van der Waals surface area contributed by atoms with Crippen molar-refractivity contribution in [2.24, 2.45) is 5.92 Å². The summed E-state index contributed by atoms with van der Waals surface area (Å²) >= 11 is 0. The fourth-order valence-corrected chi connectivity index (χ4v) is 3.57. The summed E-state index contributed by atoms with van der Waals surface area (Å²) in [5.74, 6) is -1.59. The zero-order valence-electron chi connectivity index (χ0n) is 16.7. The van der Waals surface area contributed by atoms with Gasteiger partial charge in [-0.3, -0.25) is 9.78 Å². The van der Waals surface area contributed by atoms with Crippen molar-refractivity contribution in [3.05, 3.63) is 71.8 Å². The summed E-state index contributed by atoms with van der Waals surface area (Å²) in [6, 6.07) is 11.9. The van der Waals surface area contributed by atoms with Gasteiger partial charge in [0.05, 0.1) is 12.2 Å². The van der Waals surface area contributed by atoms with Crippen molar-refractivity contribution in [3.63, 3.8) is 0 Å². The molecular formula is C24H23FN2O3. The maximum atomic E-state index is 14.6. The lowest BCUT2D eigenvalue weighted by molar-refractivity contribution is -0.117. The van der Waals surface area contributed by atoms with Crippen LogP contribution in [0.15, 0.2) is 54.9 Å². The molecule has 0 aliphatic heterocycles. The number of pyridine rings is 1. The van der Waals surface area contributed by atoms with Crippen LogP contribution in [0.2, 0.25) is 0 Å². The third-order valence-electron chi connectivity index (χ3n) is 5.40. The molecule has 0 saturated heterocycles. The van der Waals surface area contributed by atoms with E-state index in [4.69, 9.17) is 4.74 Å². The first kappa shape index (κ1) is 20.0. The summed E-state index contributed by atoms with van der Waals surface area (Å²) in [4.78, 5) is 28.7. The molecule has 0 bridgehead atoms. The number of unbranched alkanes of at least 4 members (excludes halogenated alkanes) is 1. The number of hydrogen-bond donors (Lipinski definition) is 1. The van der Waals surface area contributed by atoms with Gasteiger partial charge in [-0.25, -0.2) is 9.18 Å². The molecule has 1 heterocycles. The average Bonchev–Trinajstić information content (AvgIpc) is 3.54. The van der Waals surface area contributed by atoms with Crippen molar-refractivity contribution in [1.82, 2.24) is 4.98 Å². The van der Waals surface area contributed by atoms with Crippen LogP contribution in [0.1, 0.15) is 48.0 Å². The molecule has 5 nitrogen and oxygen atoms in total. The molecule has 0 spiro atoms. The average molecular weight is 406 g/mol. The van der Waals surface area contributed by atoms with Crippen LogP contribution in [0.4, 0.5) is 10.1 Å². The number of rotatable bonds is 7. The summed E-state index contributed by atoms with van der Waals surface area (Å²) in [6.07, 6.45) is 5.75. The molecule has 1 aliphatic rings. The Morgan fingerprint density at radius 1 is 1.17 bits per heavy atom. The molecule has 1 fully saturated rings. The van der Waals surface area contributed by atoms with E-state index in [0.29, 0.717) is 24.3 Å². The van der Waals surface area contributed by atoms with Crippen LogP contribution < -0.4 is 5.32 Å². The topological polar surface area (TPSA) is 68.3 Å². The van der Waals surface area contributed by atoms with E-state index in [9.17, 15) is 14.0 Å². The first-order chi connectivity index (χ1) is 14.6. The van der Waals surface area contributed by atoms with Gasteiger partial charge in [0.2, 0.25) is 5.91 Å². The van der Waals surface area contributed by atoms with Gasteiger partial charge in [0.15, 0.2) is 0 Å². The summed E-state index contributed by atoms with van der Waals surface area (Å²) in [5.41, 5.74) is 1.36. The Labute approximate surface area is 174 Å². The largest absolute Gasteiger partial charge is 0.462 e. The molecule has 1 N–H and O–H groups in total. The number of fused-ring (bicyclic) bond motifs is 1. The molecule has 6 heteroatoms. The minimum atomic E-state index is -0.523. The van der Waals surface area contributed by atoms with Crippen molar-refractivity contribution in [1.29, 1.82) is 0 Å². The molecule has 2 aromatic carbocycles. The third kappa shape index (κ3) is 4.32. The second-order valence-electron chi connectivity index (χ2n) is 7.60. The fraction of sp³-hybridized carbons (Fsp3) is 0.292. The highest BCUT2D eigenvalue weighted by atomic mass is 19.1. The summed E-state index contributed by atoms with van der Waals surface area (Å²) in [6.45, 7) is 2.33. The molecule has 154 valence electrons. The monoisotopic (exact) mass is 406 g/mol. The molecule has 1 amide bonds. The number of amides is 1. The Kier molecular flexibility index (Phi) is 5.74. The molecule has 30 heavy (non-hydrogen) atoms. The first-order valence-corrected chi connectivity index (χ1v) is 10.2. The van der Waals surface area contributed by atoms with E-state index in [1.807, 2.05) is 31.2 Å². The molecule has 0 radical (unpaired) electrons. The molecule has 4 rings (SSSR count). The van der Waals surface area contributed by atoms with E-state index < -0.39 is 11.8 Å². The molecule has 1 saturated carbocycles. The van der Waals surface area contributed by atoms with Gasteiger partial charge in [-0.05, 0) is 60.0 Å². The first-order valence-electron chi connectivity index (χ1n) is 10.2. The molecule has 1 aliphatic carbocycles. The Hall–Kier alpha value is -3.28. The smallest absolute Gasteiger partial charge is 0.338 e. The van der Waals surface area contributed by atoms with Crippen LogP contribution in [0.5, 0.6) is 0 Å². The second kappa shape index (κ2) is 8.61. The minimum Gasteiger partial charge on any atom is -0.462 e. The third-order valence-corrected chi connectivity index (χ3v) is 5.40. The van der Waals surface area contributed by atoms with Gasteiger partial charge >= 0.3 is 5.97 Å². The molecule has 1 aromatic heterocycles. The van der Waals surface area contributed by atoms with E-state index in [0.717, 1.165) is 23.6 Å². The highest BCUT2D eigenvalue weighted by Crippen LogP contribution is 2.49. The van der Waals surface area contributed by atoms with Gasteiger partial charge in [0.1, 0.15) is 5.82 Å². The van der Waals surface area contributed by atoms with E-state index >= 15 is 0 Å². The highest BCUT2D eigenvalue weighted by Gasteiger charge is 2.45. The summed E-state index contributed by atoms with van der Waals surface area (Å²) in [5, 5.41) is 4.90. The number of benzene rings is 2. The van der Waals surface area contributed by atoms with Crippen LogP contribution in [-0.4, -0.2) is 23.5 Å². The molecular weight excluding hydrogens is 383 g/mol. The predicted octanol–water partition coefficient (Wildman–Crippen LogP) is 5.07. The lowest BCUT2D eigenvalue weighted by Gasteiger charge is -2.08. The van der Waals surface area contributed by atoms with Crippen molar-refractivity contribution >= 4 is 28.3 Å². The summed E-state index contributed by atoms with van der Waals surface area (Å²) < 4.78 is 19.7. The predicted molar refractivity (Wildman–Crippen MR) is 113 cm³/mol. The van der Waals surface area contributed by atoms with Crippen molar-refractivity contribution < 1.29 is 18.7 Å². The van der Waals surface area contributed by atoms with Crippen LogP contribution >= 0.6 is 0 Å². The number of carbonyl (C=O) groups excluding carboxylic acids is 2. The Balaban J connectivity index is 1.39. The summed E-state index contributed by atoms with van der Waals surface area (Å²) in [7, 11) is 0. The number of aromatic nitrogens is 1. The van der Waals surface area contributed by atoms with Crippen molar-refractivity contribution in [2.75, 3.05) is 11.9 Å². The van der Waals surface area contributed by atoms with Gasteiger partial charge in [-0.2, -0.15) is 0 Å². The Morgan fingerprint density at radius 2 is 2.03 bits per heavy atom. The van der Waals surface area contributed by atoms with Crippen molar-refractivity contribution in [3.8, 4) is 0 Å². The maximum absolute atomic E-state index is 14.6. The number of esters is 1. The van der Waals surface area contributed by atoms with E-state index in [1.54, 1.807) is 24.5 Å². The van der Waals surface area contributed by atoms with Gasteiger partial charge in [0.25, 0.3) is 0 Å². The zero-order chi connectivity index (χ0) is 21.1. The Bertz CT molecular complexity index is 1100. The van der Waals surface area contributed by atoms with Gasteiger partial charge < -0.3 is 10.1 Å². The maximum Gasteiger partial charge on any atom is 0.338 e. The second-order valence-corrected chi connectivity index (χ2v) is 7.60. The van der Waals surface area contributed by atoms with Crippen LogP contribution in [0, 0.1) is 11.7 Å². The molecule has 2 atom stereocenters. The quantitative estimate of drug-likeness (QED) is 0.439. The SMILES string of the molecule is CCCCOC(=O)c1ccc(C2CC2C(=O)Nc2ccc3cnccc3c2)c(F)c1. The lowest BCUT2D eigenvalue weighted by Crippen LogP contribution is -2.14. The number of carbonyl (C=O) groups is 2.